The zero-order chi connectivity index (χ0) is 24.8. The predicted molar refractivity (Wildman–Crippen MR) is 127 cm³/mol. The van der Waals surface area contributed by atoms with Crippen molar-refractivity contribution in [1.29, 1.82) is 0 Å². The average molecular weight is 486 g/mol. The van der Waals surface area contributed by atoms with Crippen LogP contribution in [0.5, 0.6) is 5.75 Å². The summed E-state index contributed by atoms with van der Waals surface area (Å²) in [5.74, 6) is -0.131. The molecule has 12 nitrogen and oxygen atoms in total. The van der Waals surface area contributed by atoms with Gasteiger partial charge >= 0.3 is 6.09 Å². The molecule has 178 valence electrons. The fraction of sp³-hybridized carbons (Fsp3) is 0.238. The Labute approximate surface area is 199 Å². The second-order valence-corrected chi connectivity index (χ2v) is 7.96. The lowest BCUT2D eigenvalue weighted by molar-refractivity contribution is 0.0831. The van der Waals surface area contributed by atoms with E-state index < -0.39 is 12.0 Å². The number of anilines is 3. The van der Waals surface area contributed by atoms with Crippen LogP contribution >= 0.6 is 11.3 Å². The van der Waals surface area contributed by atoms with Gasteiger partial charge < -0.3 is 25.0 Å². The molecule has 0 saturated heterocycles. The van der Waals surface area contributed by atoms with Crippen LogP contribution in [0.15, 0.2) is 30.5 Å². The largest absolute Gasteiger partial charge is 0.494 e. The van der Waals surface area contributed by atoms with E-state index in [9.17, 15) is 14.4 Å². The van der Waals surface area contributed by atoms with Gasteiger partial charge in [0.25, 0.3) is 11.8 Å². The highest BCUT2D eigenvalue weighted by atomic mass is 32.1. The van der Waals surface area contributed by atoms with Crippen molar-refractivity contribution < 1.29 is 23.9 Å². The number of hydrogen-bond donors (Lipinski definition) is 3. The Bertz CT molecular complexity index is 1230. The van der Waals surface area contributed by atoms with E-state index in [4.69, 9.17) is 4.74 Å². The third kappa shape index (κ3) is 5.20. The number of hydrogen-bond acceptors (Lipinski definition) is 10. The average Bonchev–Trinajstić information content (AvgIpc) is 3.33. The monoisotopic (exact) mass is 485 g/mol. The number of carbonyl (C=O) groups excluding carboxylic acids is 3. The molecule has 0 unspecified atom stereocenters. The van der Waals surface area contributed by atoms with Crippen molar-refractivity contribution in [2.45, 2.75) is 0 Å². The number of methoxy groups -OCH3 is 2. The molecule has 34 heavy (non-hydrogen) atoms. The number of benzene rings is 1. The molecule has 1 aromatic carbocycles. The number of para-hydroxylation sites is 1. The molecule has 2 heterocycles. The van der Waals surface area contributed by atoms with Gasteiger partial charge in [0.1, 0.15) is 9.88 Å². The summed E-state index contributed by atoms with van der Waals surface area (Å²) in [4.78, 5) is 42.5. The van der Waals surface area contributed by atoms with Crippen LogP contribution in [0, 0.1) is 0 Å². The van der Waals surface area contributed by atoms with Crippen molar-refractivity contribution in [3.05, 3.63) is 41.0 Å². The van der Waals surface area contributed by atoms with Gasteiger partial charge in [0.05, 0.1) is 37.4 Å². The van der Waals surface area contributed by atoms with Crippen LogP contribution in [-0.4, -0.2) is 73.4 Å². The second-order valence-electron chi connectivity index (χ2n) is 6.93. The molecule has 3 rings (SSSR count). The molecule has 2 aromatic heterocycles. The molecule has 0 atom stereocenters. The molecule has 0 spiro atoms. The number of thiazole rings is 1. The molecule has 3 aromatic rings. The fourth-order valence-corrected chi connectivity index (χ4v) is 3.84. The number of ether oxygens (including phenoxy) is 2. The number of nitrogens with zero attached hydrogens (tertiary/aromatic N) is 4. The molecule has 0 aliphatic rings. The maximum Gasteiger partial charge on any atom is 0.412 e. The van der Waals surface area contributed by atoms with Crippen LogP contribution in [0.3, 0.4) is 0 Å². The quantitative estimate of drug-likeness (QED) is 0.459. The number of aromatic nitrogens is 3. The summed E-state index contributed by atoms with van der Waals surface area (Å²) in [6, 6.07) is 6.76. The fourth-order valence-electron chi connectivity index (χ4n) is 2.88. The first-order valence-corrected chi connectivity index (χ1v) is 10.7. The van der Waals surface area contributed by atoms with Gasteiger partial charge in [-0.05, 0) is 12.1 Å². The zero-order valence-electron chi connectivity index (χ0n) is 19.1. The third-order valence-corrected chi connectivity index (χ3v) is 5.51. The number of nitrogens with one attached hydrogen (secondary N) is 3. The summed E-state index contributed by atoms with van der Waals surface area (Å²) in [5, 5.41) is 16.4. The Kier molecular flexibility index (Phi) is 7.58. The van der Waals surface area contributed by atoms with E-state index >= 15 is 0 Å². The third-order valence-electron chi connectivity index (χ3n) is 4.49. The maximum absolute atomic E-state index is 12.3. The molecular formula is C21H23N7O5S. The molecule has 0 bridgehead atoms. The van der Waals surface area contributed by atoms with Crippen LogP contribution in [0.1, 0.15) is 20.2 Å². The maximum atomic E-state index is 12.3. The summed E-state index contributed by atoms with van der Waals surface area (Å²) in [5.41, 5.74) is 1.40. The Hall–Kier alpha value is -4.26. The highest BCUT2D eigenvalue weighted by Gasteiger charge is 2.20. The van der Waals surface area contributed by atoms with E-state index in [0.29, 0.717) is 26.9 Å². The summed E-state index contributed by atoms with van der Waals surface area (Å²) in [6.45, 7) is 0. The summed E-state index contributed by atoms with van der Waals surface area (Å²) in [7, 11) is 7.52. The van der Waals surface area contributed by atoms with Crippen LogP contribution in [-0.2, 0) is 4.74 Å². The molecule has 13 heteroatoms. The van der Waals surface area contributed by atoms with Crippen molar-refractivity contribution >= 4 is 46.4 Å². The van der Waals surface area contributed by atoms with Gasteiger partial charge in [0.2, 0.25) is 0 Å². The van der Waals surface area contributed by atoms with Crippen LogP contribution in [0.25, 0.3) is 10.6 Å². The van der Waals surface area contributed by atoms with E-state index in [1.807, 2.05) is 6.07 Å². The van der Waals surface area contributed by atoms with Crippen LogP contribution in [0.4, 0.5) is 22.0 Å². The smallest absolute Gasteiger partial charge is 0.412 e. The molecular weight excluding hydrogens is 462 g/mol. The van der Waals surface area contributed by atoms with Crippen molar-refractivity contribution in [2.24, 2.45) is 0 Å². The predicted octanol–water partition coefficient (Wildman–Crippen LogP) is 2.59. The molecule has 0 saturated carbocycles. The first kappa shape index (κ1) is 24.4. The van der Waals surface area contributed by atoms with Crippen molar-refractivity contribution in [1.82, 2.24) is 25.4 Å². The van der Waals surface area contributed by atoms with Gasteiger partial charge in [-0.25, -0.2) is 9.78 Å². The minimum absolute atomic E-state index is 0.00140. The molecule has 0 fully saturated rings. The topological polar surface area (TPSA) is 148 Å². The van der Waals surface area contributed by atoms with E-state index in [-0.39, 0.29) is 23.1 Å². The van der Waals surface area contributed by atoms with E-state index in [2.05, 4.69) is 35.9 Å². The number of rotatable bonds is 7. The number of carbonyl (C=O) groups is 3. The Morgan fingerprint density at radius 3 is 2.50 bits per heavy atom. The van der Waals surface area contributed by atoms with E-state index in [1.165, 1.54) is 49.8 Å². The van der Waals surface area contributed by atoms with Gasteiger partial charge in [-0.3, -0.25) is 14.9 Å². The minimum atomic E-state index is -0.737. The Morgan fingerprint density at radius 2 is 1.85 bits per heavy atom. The SMILES string of the molecule is CNC(=O)c1nnc(NC(=O)OC)cc1Nc1cccc(-c2ncc(C(=O)N(C)C)s2)c1OC. The highest BCUT2D eigenvalue weighted by Crippen LogP contribution is 2.40. The summed E-state index contributed by atoms with van der Waals surface area (Å²) < 4.78 is 10.2. The van der Waals surface area contributed by atoms with Gasteiger partial charge in [-0.2, -0.15) is 0 Å². The highest BCUT2D eigenvalue weighted by molar-refractivity contribution is 7.16. The Balaban J connectivity index is 2.03. The van der Waals surface area contributed by atoms with Gasteiger partial charge in [0, 0.05) is 27.2 Å². The van der Waals surface area contributed by atoms with Gasteiger partial charge in [-0.15, -0.1) is 21.5 Å². The summed E-state index contributed by atoms with van der Waals surface area (Å²) >= 11 is 1.23. The van der Waals surface area contributed by atoms with E-state index in [1.54, 1.807) is 26.2 Å². The minimum Gasteiger partial charge on any atom is -0.494 e. The molecule has 3 amide bonds. The second kappa shape index (κ2) is 10.6. The summed E-state index contributed by atoms with van der Waals surface area (Å²) in [6.07, 6.45) is 0.780. The van der Waals surface area contributed by atoms with Crippen molar-refractivity contribution in [3.8, 4) is 16.3 Å². The van der Waals surface area contributed by atoms with Crippen molar-refractivity contribution in [2.75, 3.05) is 46.0 Å². The van der Waals surface area contributed by atoms with E-state index in [0.717, 1.165) is 0 Å². The molecule has 0 radical (unpaired) electrons. The standard InChI is InChI=1S/C21H23N7O5S/c1-22-18(29)16-13(9-15(26-27-16)25-21(31)33-5)24-12-8-6-7-11(17(12)32-4)19-23-10-14(34-19)20(30)28(2)3/h6-10H,1-5H3,(H,22,29)(H2,24,25,26,31). The zero-order valence-corrected chi connectivity index (χ0v) is 19.9. The van der Waals surface area contributed by atoms with Crippen molar-refractivity contribution in [3.63, 3.8) is 0 Å². The van der Waals surface area contributed by atoms with Gasteiger partial charge in [0.15, 0.2) is 17.3 Å². The first-order chi connectivity index (χ1) is 16.3. The lowest BCUT2D eigenvalue weighted by atomic mass is 10.1. The number of amides is 3. The first-order valence-electron chi connectivity index (χ1n) is 9.85. The molecule has 0 aliphatic heterocycles. The van der Waals surface area contributed by atoms with Crippen LogP contribution < -0.4 is 20.7 Å². The lowest BCUT2D eigenvalue weighted by Crippen LogP contribution is -2.22. The van der Waals surface area contributed by atoms with Gasteiger partial charge in [-0.1, -0.05) is 6.07 Å². The Morgan fingerprint density at radius 1 is 1.09 bits per heavy atom. The molecule has 0 aliphatic carbocycles. The normalized spacial score (nSPS) is 10.3. The lowest BCUT2D eigenvalue weighted by Gasteiger charge is -2.16. The molecule has 3 N–H and O–H groups in total. The van der Waals surface area contributed by atoms with Crippen LogP contribution in [0.2, 0.25) is 0 Å².